The van der Waals surface area contributed by atoms with Crippen LogP contribution in [0.25, 0.3) is 44.7 Å². The van der Waals surface area contributed by atoms with E-state index in [1.807, 2.05) is 55.4 Å². The van der Waals surface area contributed by atoms with Crippen molar-refractivity contribution in [3.63, 3.8) is 0 Å². The van der Waals surface area contributed by atoms with Crippen molar-refractivity contribution < 1.29 is 4.79 Å². The van der Waals surface area contributed by atoms with Gasteiger partial charge in [0.2, 0.25) is 5.91 Å². The minimum absolute atomic E-state index is 0.100. The van der Waals surface area contributed by atoms with Crippen molar-refractivity contribution in [1.82, 2.24) is 35.0 Å². The smallest absolute Gasteiger partial charge is 0.238 e. The molecule has 0 aromatic carbocycles. The van der Waals surface area contributed by atoms with Crippen molar-refractivity contribution in [1.29, 1.82) is 0 Å². The number of nitrogens with one attached hydrogen (secondary N) is 3. The SMILES string of the molecule is CN(C)CC(=O)Nc1cncc(-c2ccc3[nH]nc(-c4cc5ncccc5[nH]4)c3n2)c1. The van der Waals surface area contributed by atoms with E-state index in [9.17, 15) is 4.79 Å². The Kier molecular flexibility index (Phi) is 4.64. The number of nitrogens with zero attached hydrogens (tertiary/aromatic N) is 5. The number of rotatable bonds is 5. The van der Waals surface area contributed by atoms with E-state index >= 15 is 0 Å². The van der Waals surface area contributed by atoms with Gasteiger partial charge in [0.05, 0.1) is 46.4 Å². The van der Waals surface area contributed by atoms with Gasteiger partial charge in [-0.2, -0.15) is 5.10 Å². The van der Waals surface area contributed by atoms with E-state index in [0.717, 1.165) is 44.7 Å². The second-order valence-electron chi connectivity index (χ2n) is 7.53. The maximum atomic E-state index is 12.1. The maximum Gasteiger partial charge on any atom is 0.238 e. The first-order valence-electron chi connectivity index (χ1n) is 9.76. The number of aromatic amines is 2. The van der Waals surface area contributed by atoms with Gasteiger partial charge in [0.15, 0.2) is 0 Å². The lowest BCUT2D eigenvalue weighted by atomic mass is 10.1. The highest BCUT2D eigenvalue weighted by Crippen LogP contribution is 2.29. The Morgan fingerprint density at radius 3 is 2.87 bits per heavy atom. The van der Waals surface area contributed by atoms with Gasteiger partial charge in [-0.25, -0.2) is 4.98 Å². The van der Waals surface area contributed by atoms with Crippen LogP contribution in [0.15, 0.2) is 55.0 Å². The highest BCUT2D eigenvalue weighted by molar-refractivity contribution is 5.94. The van der Waals surface area contributed by atoms with E-state index in [-0.39, 0.29) is 5.91 Å². The molecule has 5 heterocycles. The molecule has 0 bridgehead atoms. The molecular formula is C22H20N8O. The predicted octanol–water partition coefficient (Wildman–Crippen LogP) is 3.06. The number of hydrogen-bond donors (Lipinski definition) is 3. The summed E-state index contributed by atoms with van der Waals surface area (Å²) in [7, 11) is 3.69. The first-order valence-corrected chi connectivity index (χ1v) is 9.76. The molecule has 0 aliphatic rings. The third-order valence-electron chi connectivity index (χ3n) is 4.83. The number of likely N-dealkylation sites (N-methyl/N-ethyl adjacent to an activating group) is 1. The average molecular weight is 412 g/mol. The fourth-order valence-electron chi connectivity index (χ4n) is 3.47. The molecule has 0 unspecified atom stereocenters. The van der Waals surface area contributed by atoms with E-state index in [2.05, 4.69) is 30.5 Å². The molecule has 9 heteroatoms. The number of carbonyl (C=O) groups excluding carboxylic acids is 1. The van der Waals surface area contributed by atoms with Crippen LogP contribution in [-0.2, 0) is 4.79 Å². The number of H-pyrrole nitrogens is 2. The molecule has 31 heavy (non-hydrogen) atoms. The van der Waals surface area contributed by atoms with Gasteiger partial charge in [-0.05, 0) is 50.5 Å². The van der Waals surface area contributed by atoms with Crippen LogP contribution in [-0.4, -0.2) is 61.6 Å². The van der Waals surface area contributed by atoms with E-state index in [1.54, 1.807) is 18.6 Å². The standard InChI is InChI=1S/C22H20N8O/c1-30(2)12-20(31)25-14-8-13(10-23-11-14)15-5-6-17-21(27-15)22(29-28-17)19-9-18-16(26-19)4-3-7-24-18/h3-11,26H,12H2,1-2H3,(H,25,31)(H,28,29). The van der Waals surface area contributed by atoms with Gasteiger partial charge < -0.3 is 15.2 Å². The lowest BCUT2D eigenvalue weighted by Gasteiger charge is -2.10. The molecule has 0 aliphatic heterocycles. The summed E-state index contributed by atoms with van der Waals surface area (Å²) < 4.78 is 0. The zero-order valence-corrected chi connectivity index (χ0v) is 17.0. The Hall–Kier alpha value is -4.11. The van der Waals surface area contributed by atoms with Gasteiger partial charge in [0.1, 0.15) is 11.2 Å². The molecule has 5 rings (SSSR count). The van der Waals surface area contributed by atoms with Crippen LogP contribution < -0.4 is 5.32 Å². The summed E-state index contributed by atoms with van der Waals surface area (Å²) in [6.07, 6.45) is 5.11. The fourth-order valence-corrected chi connectivity index (χ4v) is 3.47. The van der Waals surface area contributed by atoms with E-state index in [0.29, 0.717) is 12.2 Å². The van der Waals surface area contributed by atoms with Gasteiger partial charge in [-0.15, -0.1) is 0 Å². The Bertz CT molecular complexity index is 1370. The van der Waals surface area contributed by atoms with Crippen LogP contribution in [0.1, 0.15) is 0 Å². The van der Waals surface area contributed by atoms with E-state index in [1.165, 1.54) is 0 Å². The third-order valence-corrected chi connectivity index (χ3v) is 4.83. The lowest BCUT2D eigenvalue weighted by Crippen LogP contribution is -2.27. The molecule has 154 valence electrons. The minimum atomic E-state index is -0.100. The molecule has 3 N–H and O–H groups in total. The van der Waals surface area contributed by atoms with Crippen LogP contribution in [0.4, 0.5) is 5.69 Å². The lowest BCUT2D eigenvalue weighted by molar-refractivity contribution is -0.116. The quantitative estimate of drug-likeness (QED) is 0.409. The molecule has 0 aliphatic carbocycles. The Balaban J connectivity index is 1.51. The number of hydrogen-bond acceptors (Lipinski definition) is 6. The van der Waals surface area contributed by atoms with Crippen LogP contribution >= 0.6 is 0 Å². The molecule has 5 aromatic rings. The first-order chi connectivity index (χ1) is 15.1. The number of pyridine rings is 3. The van der Waals surface area contributed by atoms with Crippen molar-refractivity contribution in [2.24, 2.45) is 0 Å². The second-order valence-corrected chi connectivity index (χ2v) is 7.53. The summed E-state index contributed by atoms with van der Waals surface area (Å²) in [6.45, 7) is 0.298. The fraction of sp³-hybridized carbons (Fsp3) is 0.136. The Labute approximate surface area is 177 Å². The van der Waals surface area contributed by atoms with E-state index in [4.69, 9.17) is 4.98 Å². The van der Waals surface area contributed by atoms with Crippen molar-refractivity contribution in [2.75, 3.05) is 26.0 Å². The molecular weight excluding hydrogens is 392 g/mol. The van der Waals surface area contributed by atoms with Gasteiger partial charge in [0.25, 0.3) is 0 Å². The van der Waals surface area contributed by atoms with Crippen molar-refractivity contribution in [3.8, 4) is 22.6 Å². The van der Waals surface area contributed by atoms with Crippen LogP contribution in [0.2, 0.25) is 0 Å². The van der Waals surface area contributed by atoms with Gasteiger partial charge in [0, 0.05) is 18.0 Å². The number of fused-ring (bicyclic) bond motifs is 2. The summed E-state index contributed by atoms with van der Waals surface area (Å²) >= 11 is 0. The maximum absolute atomic E-state index is 12.1. The first kappa shape index (κ1) is 18.9. The van der Waals surface area contributed by atoms with Crippen LogP contribution in [0.5, 0.6) is 0 Å². The summed E-state index contributed by atoms with van der Waals surface area (Å²) in [4.78, 5) is 30.7. The number of amides is 1. The average Bonchev–Trinajstić information content (AvgIpc) is 3.36. The molecule has 0 radical (unpaired) electrons. The molecule has 0 saturated carbocycles. The minimum Gasteiger partial charge on any atom is -0.352 e. The molecule has 0 atom stereocenters. The molecule has 5 aromatic heterocycles. The zero-order chi connectivity index (χ0) is 21.4. The number of carbonyl (C=O) groups is 1. The zero-order valence-electron chi connectivity index (χ0n) is 17.0. The third kappa shape index (κ3) is 3.74. The van der Waals surface area contributed by atoms with Crippen molar-refractivity contribution in [3.05, 3.63) is 55.0 Å². The Morgan fingerprint density at radius 2 is 2.03 bits per heavy atom. The van der Waals surface area contributed by atoms with Gasteiger partial charge >= 0.3 is 0 Å². The Morgan fingerprint density at radius 1 is 1.13 bits per heavy atom. The molecule has 0 saturated heterocycles. The molecule has 0 spiro atoms. The monoisotopic (exact) mass is 412 g/mol. The van der Waals surface area contributed by atoms with Gasteiger partial charge in [-0.1, -0.05) is 0 Å². The molecule has 0 fully saturated rings. The molecule has 9 nitrogen and oxygen atoms in total. The molecule has 1 amide bonds. The number of aromatic nitrogens is 6. The van der Waals surface area contributed by atoms with E-state index < -0.39 is 0 Å². The van der Waals surface area contributed by atoms with Crippen LogP contribution in [0.3, 0.4) is 0 Å². The highest BCUT2D eigenvalue weighted by Gasteiger charge is 2.14. The number of anilines is 1. The summed E-state index contributed by atoms with van der Waals surface area (Å²) in [5.41, 5.74) is 7.10. The van der Waals surface area contributed by atoms with Crippen molar-refractivity contribution in [2.45, 2.75) is 0 Å². The van der Waals surface area contributed by atoms with Crippen LogP contribution in [0, 0.1) is 0 Å². The summed E-state index contributed by atoms with van der Waals surface area (Å²) in [5.74, 6) is -0.100. The van der Waals surface area contributed by atoms with Gasteiger partial charge in [-0.3, -0.25) is 19.9 Å². The predicted molar refractivity (Wildman–Crippen MR) is 119 cm³/mol. The largest absolute Gasteiger partial charge is 0.352 e. The van der Waals surface area contributed by atoms with Crippen molar-refractivity contribution >= 4 is 33.7 Å². The second kappa shape index (κ2) is 7.62. The topological polar surface area (TPSA) is 115 Å². The highest BCUT2D eigenvalue weighted by atomic mass is 16.2. The summed E-state index contributed by atoms with van der Waals surface area (Å²) in [6, 6.07) is 11.5. The summed E-state index contributed by atoms with van der Waals surface area (Å²) in [5, 5.41) is 10.4. The normalized spacial score (nSPS) is 11.5.